The molecule has 1 aromatic heterocycles. The number of aryl methyl sites for hydroxylation is 1. The molecule has 0 aromatic carbocycles. The highest BCUT2D eigenvalue weighted by Gasteiger charge is 2.48. The van der Waals surface area contributed by atoms with Gasteiger partial charge in [-0.3, -0.25) is 4.52 Å². The first kappa shape index (κ1) is 11.7. The van der Waals surface area contributed by atoms with Gasteiger partial charge in [0.1, 0.15) is 18.9 Å². The number of terminal acetylenes is 1. The summed E-state index contributed by atoms with van der Waals surface area (Å²) in [7, 11) is -2.64. The number of pyridine rings is 1. The van der Waals surface area contributed by atoms with Gasteiger partial charge in [0.05, 0.1) is 5.56 Å². The first-order valence-corrected chi connectivity index (χ1v) is 7.32. The van der Waals surface area contributed by atoms with Gasteiger partial charge in [-0.2, -0.15) is 4.52 Å². The third-order valence-corrected chi connectivity index (χ3v) is 4.21. The van der Waals surface area contributed by atoms with Gasteiger partial charge >= 0.3 is 7.15 Å². The van der Waals surface area contributed by atoms with Gasteiger partial charge < -0.3 is 0 Å². The van der Waals surface area contributed by atoms with Crippen LogP contribution in [0.15, 0.2) is 12.3 Å². The van der Waals surface area contributed by atoms with Gasteiger partial charge in [0.2, 0.25) is 0 Å². The first-order valence-electron chi connectivity index (χ1n) is 4.62. The van der Waals surface area contributed by atoms with Gasteiger partial charge in [-0.15, -0.1) is 10.9 Å². The fraction of sp³-hybridized carbons (Fsp3) is 0.300. The molecule has 1 atom stereocenters. The Bertz CT molecular complexity index is 448. The van der Waals surface area contributed by atoms with E-state index in [1.165, 1.54) is 0 Å². The van der Waals surface area contributed by atoms with Gasteiger partial charge in [0.25, 0.3) is 5.88 Å². The normalized spacial score (nSPS) is 23.1. The van der Waals surface area contributed by atoms with Crippen LogP contribution >= 0.6 is 19.4 Å². The van der Waals surface area contributed by atoms with E-state index in [0.29, 0.717) is 12.5 Å². The van der Waals surface area contributed by atoms with Crippen molar-refractivity contribution in [2.24, 2.45) is 0 Å². The Kier molecular flexibility index (Phi) is 3.36. The molecular formula is C10H11NO3PS+. The number of fused-ring (bicyclic) bond motifs is 1. The molecule has 2 heterocycles. The molecule has 0 saturated heterocycles. The lowest BCUT2D eigenvalue weighted by atomic mass is 10.2. The molecule has 0 amide bonds. The summed E-state index contributed by atoms with van der Waals surface area (Å²) in [6, 6.07) is 1.96. The molecular weight excluding hydrogens is 245 g/mol. The third kappa shape index (κ3) is 2.47. The molecule has 0 N–H and O–H groups in total. The Morgan fingerprint density at radius 2 is 2.56 bits per heavy atom. The molecule has 0 fully saturated rings. The molecule has 1 aromatic rings. The molecule has 1 aliphatic rings. The molecule has 4 nitrogen and oxygen atoms in total. The van der Waals surface area contributed by atoms with Crippen LogP contribution in [0.25, 0.3) is 0 Å². The van der Waals surface area contributed by atoms with E-state index in [4.69, 9.17) is 20.0 Å². The Balaban J connectivity index is 2.17. The number of hydrogen-bond donors (Lipinski definition) is 1. The number of thiol groups is 1. The summed E-state index contributed by atoms with van der Waals surface area (Å²) in [5.41, 5.74) is 1.95. The van der Waals surface area contributed by atoms with Gasteiger partial charge in [-0.1, -0.05) is 5.92 Å². The molecule has 16 heavy (non-hydrogen) atoms. The average Bonchev–Trinajstić information content (AvgIpc) is 2.27. The standard InChI is InChI=1S/C10H11NO3PS/c1-3-4-12-15(16)13-7-9-5-8(2)6-11-10(9)14-15/h1,5-6,16H,4,7H2,2H3/q+1. The SMILES string of the molecule is C#CCO[P+]1(S)OCc2cc(C)cnc2O1. The maximum absolute atomic E-state index is 5.50. The highest BCUT2D eigenvalue weighted by Crippen LogP contribution is 2.68. The predicted octanol–water partition coefficient (Wildman–Crippen LogP) is 2.56. The lowest BCUT2D eigenvalue weighted by Gasteiger charge is -2.21. The second-order valence-corrected chi connectivity index (χ2v) is 6.39. The summed E-state index contributed by atoms with van der Waals surface area (Å²) in [5, 5.41) is 0. The van der Waals surface area contributed by atoms with E-state index >= 15 is 0 Å². The summed E-state index contributed by atoms with van der Waals surface area (Å²) in [5.74, 6) is 2.86. The Morgan fingerprint density at radius 1 is 1.75 bits per heavy atom. The zero-order valence-electron chi connectivity index (χ0n) is 8.71. The average molecular weight is 256 g/mol. The monoisotopic (exact) mass is 256 g/mol. The Labute approximate surface area is 100 Å². The quantitative estimate of drug-likeness (QED) is 0.501. The van der Waals surface area contributed by atoms with E-state index in [-0.39, 0.29) is 6.61 Å². The van der Waals surface area contributed by atoms with Crippen molar-refractivity contribution in [3.05, 3.63) is 23.4 Å². The minimum absolute atomic E-state index is 0.110. The summed E-state index contributed by atoms with van der Waals surface area (Å²) < 4.78 is 16.2. The summed E-state index contributed by atoms with van der Waals surface area (Å²) >= 11 is 4.24. The fourth-order valence-electron chi connectivity index (χ4n) is 1.27. The summed E-state index contributed by atoms with van der Waals surface area (Å²) in [6.07, 6.45) is 6.83. The number of nitrogens with zero attached hydrogens (tertiary/aromatic N) is 1. The van der Waals surface area contributed by atoms with Crippen LogP contribution in [0.2, 0.25) is 0 Å². The van der Waals surface area contributed by atoms with Gasteiger partial charge in [0.15, 0.2) is 6.61 Å². The van der Waals surface area contributed by atoms with Gasteiger partial charge in [0, 0.05) is 6.20 Å². The lowest BCUT2D eigenvalue weighted by Crippen LogP contribution is -2.13. The zero-order chi connectivity index (χ0) is 11.6. The van der Waals surface area contributed by atoms with Gasteiger partial charge in [-0.25, -0.2) is 4.98 Å². The van der Waals surface area contributed by atoms with Crippen LogP contribution in [0.4, 0.5) is 0 Å². The third-order valence-electron chi connectivity index (χ3n) is 1.96. The van der Waals surface area contributed by atoms with Crippen LogP contribution in [0.3, 0.4) is 0 Å². The number of aromatic nitrogens is 1. The van der Waals surface area contributed by atoms with Crippen LogP contribution in [0.5, 0.6) is 5.88 Å². The summed E-state index contributed by atoms with van der Waals surface area (Å²) in [6.45, 7) is 2.45. The van der Waals surface area contributed by atoms with Crippen molar-refractivity contribution < 1.29 is 13.6 Å². The zero-order valence-corrected chi connectivity index (χ0v) is 10.5. The van der Waals surface area contributed by atoms with E-state index in [1.54, 1.807) is 6.20 Å². The van der Waals surface area contributed by atoms with Crippen LogP contribution < -0.4 is 4.52 Å². The van der Waals surface area contributed by atoms with Crippen LogP contribution in [0, 0.1) is 19.3 Å². The molecule has 0 saturated carbocycles. The highest BCUT2D eigenvalue weighted by molar-refractivity contribution is 8.47. The Hall–Kier alpha value is -0.790. The molecule has 0 aliphatic carbocycles. The maximum atomic E-state index is 5.50. The maximum Gasteiger partial charge on any atom is 0.524 e. The van der Waals surface area contributed by atoms with E-state index < -0.39 is 7.15 Å². The molecule has 2 rings (SSSR count). The topological polar surface area (TPSA) is 40.6 Å². The van der Waals surface area contributed by atoms with Crippen LogP contribution in [-0.4, -0.2) is 11.6 Å². The molecule has 1 unspecified atom stereocenters. The van der Waals surface area contributed by atoms with Crippen molar-refractivity contribution in [2.75, 3.05) is 6.61 Å². The second-order valence-electron chi connectivity index (χ2n) is 3.29. The molecule has 1 aliphatic heterocycles. The van der Waals surface area contributed by atoms with Crippen LogP contribution in [-0.2, 0) is 15.7 Å². The Morgan fingerprint density at radius 3 is 3.31 bits per heavy atom. The fourth-order valence-corrected chi connectivity index (χ4v) is 2.95. The van der Waals surface area contributed by atoms with Crippen molar-refractivity contribution >= 4 is 19.4 Å². The van der Waals surface area contributed by atoms with E-state index in [1.807, 2.05) is 13.0 Å². The molecule has 84 valence electrons. The molecule has 0 bridgehead atoms. The van der Waals surface area contributed by atoms with Crippen molar-refractivity contribution in [2.45, 2.75) is 13.5 Å². The predicted molar refractivity (Wildman–Crippen MR) is 65.1 cm³/mol. The van der Waals surface area contributed by atoms with Crippen molar-refractivity contribution in [3.8, 4) is 18.2 Å². The minimum atomic E-state index is -2.64. The number of hydrogen-bond acceptors (Lipinski definition) is 5. The van der Waals surface area contributed by atoms with E-state index in [2.05, 4.69) is 23.2 Å². The van der Waals surface area contributed by atoms with Crippen molar-refractivity contribution in [1.82, 2.24) is 4.98 Å². The molecule has 6 heteroatoms. The highest BCUT2D eigenvalue weighted by atomic mass is 32.7. The van der Waals surface area contributed by atoms with E-state index in [9.17, 15) is 0 Å². The first-order chi connectivity index (χ1) is 7.63. The van der Waals surface area contributed by atoms with E-state index in [0.717, 1.165) is 11.1 Å². The lowest BCUT2D eigenvalue weighted by molar-refractivity contribution is 0.186. The summed E-state index contributed by atoms with van der Waals surface area (Å²) in [4.78, 5) is 4.17. The van der Waals surface area contributed by atoms with Crippen molar-refractivity contribution in [3.63, 3.8) is 0 Å². The minimum Gasteiger partial charge on any atom is -0.254 e. The van der Waals surface area contributed by atoms with Gasteiger partial charge in [-0.05, 0) is 18.6 Å². The molecule has 0 radical (unpaired) electrons. The largest absolute Gasteiger partial charge is 0.524 e. The smallest absolute Gasteiger partial charge is 0.254 e. The number of rotatable bonds is 2. The van der Waals surface area contributed by atoms with Crippen molar-refractivity contribution in [1.29, 1.82) is 0 Å². The van der Waals surface area contributed by atoms with Crippen LogP contribution in [0.1, 0.15) is 11.1 Å². The second kappa shape index (κ2) is 4.60. The molecule has 0 spiro atoms.